The fraction of sp³-hybridized carbons (Fsp3) is 0.450. The SMILES string of the molecule is CCOc1ccccc1CN1CCCCCC1c1ccncc1. The van der Waals surface area contributed by atoms with Crippen LogP contribution in [0.1, 0.15) is 49.8 Å². The van der Waals surface area contributed by atoms with Gasteiger partial charge in [0, 0.05) is 30.5 Å². The molecule has 1 fully saturated rings. The molecule has 0 bridgehead atoms. The molecule has 1 aromatic heterocycles. The molecule has 0 amide bonds. The molecule has 3 heteroatoms. The number of likely N-dealkylation sites (tertiary alicyclic amines) is 1. The van der Waals surface area contributed by atoms with Gasteiger partial charge in [0.15, 0.2) is 0 Å². The average molecular weight is 310 g/mol. The highest BCUT2D eigenvalue weighted by Gasteiger charge is 2.23. The maximum absolute atomic E-state index is 5.81. The Morgan fingerprint density at radius 1 is 1.09 bits per heavy atom. The van der Waals surface area contributed by atoms with Crippen molar-refractivity contribution in [1.82, 2.24) is 9.88 Å². The van der Waals surface area contributed by atoms with Crippen LogP contribution in [-0.4, -0.2) is 23.0 Å². The van der Waals surface area contributed by atoms with Gasteiger partial charge in [-0.25, -0.2) is 0 Å². The first-order valence-corrected chi connectivity index (χ1v) is 8.73. The summed E-state index contributed by atoms with van der Waals surface area (Å²) < 4.78 is 5.81. The average Bonchev–Trinajstić information content (AvgIpc) is 2.83. The molecule has 1 aromatic carbocycles. The highest BCUT2D eigenvalue weighted by Crippen LogP contribution is 2.32. The summed E-state index contributed by atoms with van der Waals surface area (Å²) in [6.07, 6.45) is 8.94. The van der Waals surface area contributed by atoms with Crippen LogP contribution in [0.3, 0.4) is 0 Å². The molecule has 3 nitrogen and oxygen atoms in total. The Labute approximate surface area is 139 Å². The molecule has 1 saturated heterocycles. The second-order valence-electron chi connectivity index (χ2n) is 6.16. The van der Waals surface area contributed by atoms with Gasteiger partial charge >= 0.3 is 0 Å². The summed E-state index contributed by atoms with van der Waals surface area (Å²) in [5.41, 5.74) is 2.67. The van der Waals surface area contributed by atoms with Gasteiger partial charge in [0.05, 0.1) is 6.61 Å². The van der Waals surface area contributed by atoms with Crippen LogP contribution in [0.15, 0.2) is 48.8 Å². The minimum absolute atomic E-state index is 0.482. The van der Waals surface area contributed by atoms with Gasteiger partial charge in [-0.15, -0.1) is 0 Å². The van der Waals surface area contributed by atoms with Crippen LogP contribution in [-0.2, 0) is 6.54 Å². The van der Waals surface area contributed by atoms with E-state index in [1.54, 1.807) is 0 Å². The number of ether oxygens (including phenoxy) is 1. The fourth-order valence-electron chi connectivity index (χ4n) is 3.47. The smallest absolute Gasteiger partial charge is 0.123 e. The highest BCUT2D eigenvalue weighted by atomic mass is 16.5. The van der Waals surface area contributed by atoms with E-state index in [1.807, 2.05) is 19.3 Å². The normalized spacial score (nSPS) is 19.3. The third-order valence-electron chi connectivity index (χ3n) is 4.60. The summed E-state index contributed by atoms with van der Waals surface area (Å²) in [7, 11) is 0. The molecule has 0 saturated carbocycles. The Kier molecular flexibility index (Phi) is 5.65. The van der Waals surface area contributed by atoms with Gasteiger partial charge in [0.2, 0.25) is 0 Å². The molecular weight excluding hydrogens is 284 g/mol. The first kappa shape index (κ1) is 16.0. The topological polar surface area (TPSA) is 25.4 Å². The molecule has 122 valence electrons. The zero-order valence-electron chi connectivity index (χ0n) is 13.9. The van der Waals surface area contributed by atoms with E-state index in [0.717, 1.165) is 18.8 Å². The molecule has 2 heterocycles. The van der Waals surface area contributed by atoms with Crippen molar-refractivity contribution in [2.24, 2.45) is 0 Å². The number of para-hydroxylation sites is 1. The van der Waals surface area contributed by atoms with E-state index >= 15 is 0 Å². The van der Waals surface area contributed by atoms with Crippen molar-refractivity contribution >= 4 is 0 Å². The lowest BCUT2D eigenvalue weighted by Crippen LogP contribution is -2.28. The van der Waals surface area contributed by atoms with Gasteiger partial charge in [-0.05, 0) is 50.1 Å². The first-order chi connectivity index (χ1) is 11.4. The largest absolute Gasteiger partial charge is 0.494 e. The van der Waals surface area contributed by atoms with Crippen LogP contribution < -0.4 is 4.74 Å². The van der Waals surface area contributed by atoms with E-state index in [1.165, 1.54) is 36.8 Å². The maximum Gasteiger partial charge on any atom is 0.123 e. The molecule has 0 radical (unpaired) electrons. The molecule has 0 spiro atoms. The predicted molar refractivity (Wildman–Crippen MR) is 93.5 cm³/mol. The number of benzene rings is 1. The van der Waals surface area contributed by atoms with Crippen molar-refractivity contribution in [1.29, 1.82) is 0 Å². The number of nitrogens with zero attached hydrogens (tertiary/aromatic N) is 2. The summed E-state index contributed by atoms with van der Waals surface area (Å²) in [6, 6.07) is 13.2. The number of hydrogen-bond donors (Lipinski definition) is 0. The quantitative estimate of drug-likeness (QED) is 0.807. The third-order valence-corrected chi connectivity index (χ3v) is 4.60. The monoisotopic (exact) mass is 310 g/mol. The molecule has 1 aliphatic heterocycles. The van der Waals surface area contributed by atoms with Crippen LogP contribution in [0.4, 0.5) is 0 Å². The minimum Gasteiger partial charge on any atom is -0.494 e. The van der Waals surface area contributed by atoms with Crippen LogP contribution in [0.2, 0.25) is 0 Å². The van der Waals surface area contributed by atoms with Gasteiger partial charge in [0.25, 0.3) is 0 Å². The van der Waals surface area contributed by atoms with E-state index < -0.39 is 0 Å². The lowest BCUT2D eigenvalue weighted by molar-refractivity contribution is 0.189. The second kappa shape index (κ2) is 8.11. The lowest BCUT2D eigenvalue weighted by Gasteiger charge is -2.30. The minimum atomic E-state index is 0.482. The molecule has 1 unspecified atom stereocenters. The van der Waals surface area contributed by atoms with Crippen molar-refractivity contribution in [3.8, 4) is 5.75 Å². The molecule has 0 aliphatic carbocycles. The molecule has 3 rings (SSSR count). The Morgan fingerprint density at radius 2 is 1.91 bits per heavy atom. The van der Waals surface area contributed by atoms with Crippen molar-refractivity contribution in [2.45, 2.75) is 45.2 Å². The van der Waals surface area contributed by atoms with Crippen LogP contribution in [0, 0.1) is 0 Å². The van der Waals surface area contributed by atoms with E-state index in [-0.39, 0.29) is 0 Å². The second-order valence-corrected chi connectivity index (χ2v) is 6.16. The predicted octanol–water partition coefficient (Wildman–Crippen LogP) is 4.60. The van der Waals surface area contributed by atoms with Crippen molar-refractivity contribution in [3.05, 3.63) is 59.9 Å². The summed E-state index contributed by atoms with van der Waals surface area (Å²) in [6.45, 7) is 4.85. The third kappa shape index (κ3) is 4.11. The molecular formula is C20H26N2O. The zero-order valence-corrected chi connectivity index (χ0v) is 13.9. The summed E-state index contributed by atoms with van der Waals surface area (Å²) in [5.74, 6) is 1.02. The highest BCUT2D eigenvalue weighted by molar-refractivity contribution is 5.33. The number of aromatic nitrogens is 1. The first-order valence-electron chi connectivity index (χ1n) is 8.73. The van der Waals surface area contributed by atoms with Gasteiger partial charge in [-0.1, -0.05) is 31.0 Å². The summed E-state index contributed by atoms with van der Waals surface area (Å²) in [5, 5.41) is 0. The molecule has 1 aliphatic rings. The Morgan fingerprint density at radius 3 is 2.74 bits per heavy atom. The standard InChI is InChI=1S/C20H26N2O/c1-2-23-20-10-6-5-8-18(20)16-22-15-7-3-4-9-19(22)17-11-13-21-14-12-17/h5-6,8,10-14,19H,2-4,7,9,15-16H2,1H3. The number of pyridine rings is 1. The van der Waals surface area contributed by atoms with Crippen LogP contribution in [0.25, 0.3) is 0 Å². The van der Waals surface area contributed by atoms with E-state index in [0.29, 0.717) is 12.6 Å². The number of hydrogen-bond acceptors (Lipinski definition) is 3. The fourth-order valence-corrected chi connectivity index (χ4v) is 3.47. The van der Waals surface area contributed by atoms with Gasteiger partial charge in [0.1, 0.15) is 5.75 Å². The lowest BCUT2D eigenvalue weighted by atomic mass is 10.0. The summed E-state index contributed by atoms with van der Waals surface area (Å²) >= 11 is 0. The number of rotatable bonds is 5. The molecule has 0 N–H and O–H groups in total. The van der Waals surface area contributed by atoms with E-state index in [4.69, 9.17) is 4.74 Å². The van der Waals surface area contributed by atoms with Gasteiger partial charge in [-0.3, -0.25) is 9.88 Å². The molecule has 1 atom stereocenters. The van der Waals surface area contributed by atoms with E-state index in [9.17, 15) is 0 Å². The van der Waals surface area contributed by atoms with Crippen molar-refractivity contribution in [2.75, 3.05) is 13.2 Å². The molecule has 2 aromatic rings. The Balaban J connectivity index is 1.83. The van der Waals surface area contributed by atoms with Crippen LogP contribution >= 0.6 is 0 Å². The van der Waals surface area contributed by atoms with Gasteiger partial charge < -0.3 is 4.74 Å². The summed E-state index contributed by atoms with van der Waals surface area (Å²) in [4.78, 5) is 6.78. The maximum atomic E-state index is 5.81. The Hall–Kier alpha value is -1.87. The zero-order chi connectivity index (χ0) is 15.9. The molecule has 23 heavy (non-hydrogen) atoms. The van der Waals surface area contributed by atoms with Crippen LogP contribution in [0.5, 0.6) is 5.75 Å². The van der Waals surface area contributed by atoms with Crippen molar-refractivity contribution in [3.63, 3.8) is 0 Å². The van der Waals surface area contributed by atoms with Crippen molar-refractivity contribution < 1.29 is 4.74 Å². The van der Waals surface area contributed by atoms with Gasteiger partial charge in [-0.2, -0.15) is 0 Å². The Bertz CT molecular complexity index is 600. The van der Waals surface area contributed by atoms with E-state index in [2.05, 4.69) is 46.3 Å².